The summed E-state index contributed by atoms with van der Waals surface area (Å²) in [7, 11) is 1.60. The van der Waals surface area contributed by atoms with E-state index in [1.165, 1.54) is 5.56 Å². The fourth-order valence-corrected chi connectivity index (χ4v) is 4.49. The lowest BCUT2D eigenvalue weighted by Gasteiger charge is -2.34. The summed E-state index contributed by atoms with van der Waals surface area (Å²) >= 11 is 0. The van der Waals surface area contributed by atoms with E-state index in [4.69, 9.17) is 9.72 Å². The van der Waals surface area contributed by atoms with Gasteiger partial charge in [-0.25, -0.2) is 4.98 Å². The molecule has 1 amide bonds. The third kappa shape index (κ3) is 4.47. The van der Waals surface area contributed by atoms with Gasteiger partial charge in [-0.15, -0.1) is 0 Å². The summed E-state index contributed by atoms with van der Waals surface area (Å²) in [6, 6.07) is 26.2. The summed E-state index contributed by atoms with van der Waals surface area (Å²) in [4.78, 5) is 22.3. The first kappa shape index (κ1) is 21.2. The van der Waals surface area contributed by atoms with E-state index >= 15 is 0 Å². The van der Waals surface area contributed by atoms with Gasteiger partial charge >= 0.3 is 0 Å². The number of hydrogen-bond acceptors (Lipinski definition) is 4. The SMILES string of the molecule is COc1ccccc1C(=O)N1CCN(Cc2nc3ccccc3n2Cc2ccccc2)CC1. The van der Waals surface area contributed by atoms with Crippen molar-refractivity contribution in [2.75, 3.05) is 33.3 Å². The Kier molecular flexibility index (Phi) is 6.09. The van der Waals surface area contributed by atoms with Crippen molar-refractivity contribution in [3.8, 4) is 5.75 Å². The molecule has 168 valence electrons. The Hall–Kier alpha value is -3.64. The number of fused-ring (bicyclic) bond motifs is 1. The first-order valence-corrected chi connectivity index (χ1v) is 11.4. The van der Waals surface area contributed by atoms with Gasteiger partial charge in [0.05, 0.1) is 30.3 Å². The Morgan fingerprint density at radius 3 is 2.33 bits per heavy atom. The summed E-state index contributed by atoms with van der Waals surface area (Å²) in [6.07, 6.45) is 0. The van der Waals surface area contributed by atoms with Crippen molar-refractivity contribution in [3.05, 3.63) is 95.8 Å². The molecule has 0 atom stereocenters. The molecule has 33 heavy (non-hydrogen) atoms. The van der Waals surface area contributed by atoms with Crippen LogP contribution in [0.3, 0.4) is 0 Å². The Balaban J connectivity index is 1.30. The highest BCUT2D eigenvalue weighted by atomic mass is 16.5. The molecule has 5 rings (SSSR count). The largest absolute Gasteiger partial charge is 0.496 e. The van der Waals surface area contributed by atoms with Crippen molar-refractivity contribution in [3.63, 3.8) is 0 Å². The molecule has 1 saturated heterocycles. The van der Waals surface area contributed by atoms with Gasteiger partial charge in [0.1, 0.15) is 11.6 Å². The number of amides is 1. The van der Waals surface area contributed by atoms with Crippen LogP contribution in [0.1, 0.15) is 21.7 Å². The van der Waals surface area contributed by atoms with Gasteiger partial charge in [0.2, 0.25) is 0 Å². The van der Waals surface area contributed by atoms with Crippen LogP contribution in [0.4, 0.5) is 0 Å². The molecular weight excluding hydrogens is 412 g/mol. The predicted molar refractivity (Wildman–Crippen MR) is 129 cm³/mol. The quantitative estimate of drug-likeness (QED) is 0.454. The van der Waals surface area contributed by atoms with Crippen molar-refractivity contribution in [1.29, 1.82) is 0 Å². The van der Waals surface area contributed by atoms with Gasteiger partial charge in [0, 0.05) is 32.7 Å². The van der Waals surface area contributed by atoms with Crippen LogP contribution in [-0.2, 0) is 13.1 Å². The van der Waals surface area contributed by atoms with Gasteiger partial charge in [-0.3, -0.25) is 9.69 Å². The summed E-state index contributed by atoms with van der Waals surface area (Å²) in [5, 5.41) is 0. The Labute approximate surface area is 194 Å². The van der Waals surface area contributed by atoms with Crippen molar-refractivity contribution < 1.29 is 9.53 Å². The molecule has 3 aromatic carbocycles. The maximum atomic E-state index is 13.0. The number of nitrogens with zero attached hydrogens (tertiary/aromatic N) is 4. The van der Waals surface area contributed by atoms with Crippen molar-refractivity contribution in [2.45, 2.75) is 13.1 Å². The van der Waals surface area contributed by atoms with Crippen LogP contribution in [0, 0.1) is 0 Å². The second-order valence-corrected chi connectivity index (χ2v) is 8.36. The molecule has 1 aromatic heterocycles. The molecule has 0 N–H and O–H groups in total. The van der Waals surface area contributed by atoms with Gasteiger partial charge < -0.3 is 14.2 Å². The van der Waals surface area contributed by atoms with E-state index in [1.807, 2.05) is 41.3 Å². The smallest absolute Gasteiger partial charge is 0.257 e. The average Bonchev–Trinajstić information content (AvgIpc) is 3.21. The average molecular weight is 441 g/mol. The summed E-state index contributed by atoms with van der Waals surface area (Å²) < 4.78 is 7.70. The first-order chi connectivity index (χ1) is 16.2. The Morgan fingerprint density at radius 1 is 0.848 bits per heavy atom. The number of imidazole rings is 1. The maximum absolute atomic E-state index is 13.0. The van der Waals surface area contributed by atoms with E-state index in [0.717, 1.165) is 43.0 Å². The number of carbonyl (C=O) groups is 1. The van der Waals surface area contributed by atoms with Crippen LogP contribution in [-0.4, -0.2) is 58.5 Å². The second-order valence-electron chi connectivity index (χ2n) is 8.36. The van der Waals surface area contributed by atoms with Crippen LogP contribution < -0.4 is 4.74 Å². The van der Waals surface area contributed by atoms with E-state index < -0.39 is 0 Å². The monoisotopic (exact) mass is 440 g/mol. The minimum Gasteiger partial charge on any atom is -0.496 e. The first-order valence-electron chi connectivity index (χ1n) is 11.4. The Bertz CT molecular complexity index is 1240. The highest BCUT2D eigenvalue weighted by Crippen LogP contribution is 2.22. The van der Waals surface area contributed by atoms with E-state index in [9.17, 15) is 4.79 Å². The second kappa shape index (κ2) is 9.46. The zero-order valence-corrected chi connectivity index (χ0v) is 18.9. The van der Waals surface area contributed by atoms with Crippen molar-refractivity contribution in [2.24, 2.45) is 0 Å². The third-order valence-corrected chi connectivity index (χ3v) is 6.28. The van der Waals surface area contributed by atoms with Gasteiger partial charge in [-0.2, -0.15) is 0 Å². The number of benzene rings is 3. The standard InChI is InChI=1S/C27H28N4O2/c1-33-25-14-8-5-11-22(25)27(32)30-17-15-29(16-18-30)20-26-28-23-12-6-7-13-24(23)31(26)19-21-9-3-2-4-10-21/h2-14H,15-20H2,1H3. The fourth-order valence-electron chi connectivity index (χ4n) is 4.49. The van der Waals surface area contributed by atoms with Crippen LogP contribution >= 0.6 is 0 Å². The third-order valence-electron chi connectivity index (χ3n) is 6.28. The summed E-state index contributed by atoms with van der Waals surface area (Å²) in [5.41, 5.74) is 4.06. The molecular formula is C27H28N4O2. The molecule has 0 unspecified atom stereocenters. The minimum atomic E-state index is 0.0309. The predicted octanol–water partition coefficient (Wildman–Crippen LogP) is 4.05. The normalized spacial score (nSPS) is 14.5. The molecule has 6 nitrogen and oxygen atoms in total. The molecule has 6 heteroatoms. The molecule has 2 heterocycles. The molecule has 1 aliphatic rings. The molecule has 0 spiro atoms. The van der Waals surface area contributed by atoms with Crippen LogP contribution in [0.2, 0.25) is 0 Å². The molecule has 0 saturated carbocycles. The molecule has 4 aromatic rings. The number of ether oxygens (including phenoxy) is 1. The highest BCUT2D eigenvalue weighted by Gasteiger charge is 2.25. The van der Waals surface area contributed by atoms with Crippen LogP contribution in [0.25, 0.3) is 11.0 Å². The number of piperazine rings is 1. The van der Waals surface area contributed by atoms with Gasteiger partial charge in [0.25, 0.3) is 5.91 Å². The lowest BCUT2D eigenvalue weighted by Crippen LogP contribution is -2.48. The van der Waals surface area contributed by atoms with Crippen LogP contribution in [0.5, 0.6) is 5.75 Å². The summed E-state index contributed by atoms with van der Waals surface area (Å²) in [5.74, 6) is 1.72. The lowest BCUT2D eigenvalue weighted by atomic mass is 10.1. The van der Waals surface area contributed by atoms with E-state index in [-0.39, 0.29) is 5.91 Å². The maximum Gasteiger partial charge on any atom is 0.257 e. The zero-order chi connectivity index (χ0) is 22.6. The number of hydrogen-bond donors (Lipinski definition) is 0. The van der Waals surface area contributed by atoms with Gasteiger partial charge in [-0.1, -0.05) is 54.6 Å². The van der Waals surface area contributed by atoms with Gasteiger partial charge in [-0.05, 0) is 29.8 Å². The number of rotatable bonds is 6. The molecule has 0 radical (unpaired) electrons. The summed E-state index contributed by atoms with van der Waals surface area (Å²) in [6.45, 7) is 4.57. The molecule has 0 aliphatic carbocycles. The number of para-hydroxylation sites is 3. The van der Waals surface area contributed by atoms with E-state index in [2.05, 4.69) is 51.9 Å². The molecule has 0 bridgehead atoms. The lowest BCUT2D eigenvalue weighted by molar-refractivity contribution is 0.0621. The van der Waals surface area contributed by atoms with Crippen molar-refractivity contribution >= 4 is 16.9 Å². The van der Waals surface area contributed by atoms with Crippen molar-refractivity contribution in [1.82, 2.24) is 19.4 Å². The minimum absolute atomic E-state index is 0.0309. The van der Waals surface area contributed by atoms with E-state index in [0.29, 0.717) is 24.4 Å². The molecule has 1 aliphatic heterocycles. The number of carbonyl (C=O) groups excluding carboxylic acids is 1. The van der Waals surface area contributed by atoms with E-state index in [1.54, 1.807) is 7.11 Å². The highest BCUT2D eigenvalue weighted by molar-refractivity contribution is 5.97. The molecule has 1 fully saturated rings. The van der Waals surface area contributed by atoms with Crippen LogP contribution in [0.15, 0.2) is 78.9 Å². The topological polar surface area (TPSA) is 50.6 Å². The fraction of sp³-hybridized carbons (Fsp3) is 0.259. The zero-order valence-electron chi connectivity index (χ0n) is 18.9. The van der Waals surface area contributed by atoms with Gasteiger partial charge in [0.15, 0.2) is 0 Å². The Morgan fingerprint density at radius 2 is 1.55 bits per heavy atom. The number of methoxy groups -OCH3 is 1. The number of aromatic nitrogens is 2.